The molecular formula is C24H27N5O3. The fraction of sp³-hybridized carbons (Fsp3) is 0.375. The first-order chi connectivity index (χ1) is 15.3. The lowest BCUT2D eigenvalue weighted by molar-refractivity contribution is -0.0821. The van der Waals surface area contributed by atoms with E-state index in [4.69, 9.17) is 10.5 Å². The molecule has 32 heavy (non-hydrogen) atoms. The number of nitrogens with zero attached hydrogens (tertiary/aromatic N) is 4. The van der Waals surface area contributed by atoms with Crippen molar-refractivity contribution in [2.24, 2.45) is 5.92 Å². The van der Waals surface area contributed by atoms with Gasteiger partial charge in [-0.25, -0.2) is 15.0 Å². The molecule has 0 radical (unpaired) electrons. The number of nitrogen functional groups attached to an aromatic ring is 1. The fourth-order valence-electron chi connectivity index (χ4n) is 4.71. The summed E-state index contributed by atoms with van der Waals surface area (Å²) in [6, 6.07) is 9.31. The van der Waals surface area contributed by atoms with Gasteiger partial charge in [0.15, 0.2) is 0 Å². The van der Waals surface area contributed by atoms with Crippen LogP contribution in [-0.4, -0.2) is 48.0 Å². The minimum Gasteiger partial charge on any atom is -0.493 e. The molecule has 0 unspecified atom stereocenters. The van der Waals surface area contributed by atoms with Crippen LogP contribution in [0.5, 0.6) is 5.75 Å². The summed E-state index contributed by atoms with van der Waals surface area (Å²) in [6.45, 7) is 5.79. The quantitative estimate of drug-likeness (QED) is 0.453. The lowest BCUT2D eigenvalue weighted by Gasteiger charge is -2.29. The molecule has 3 heterocycles. The summed E-state index contributed by atoms with van der Waals surface area (Å²) in [5.74, 6) is 0.878. The number of fused-ring (bicyclic) bond motifs is 2. The summed E-state index contributed by atoms with van der Waals surface area (Å²) in [5, 5.41) is 24.1. The number of hydrogen-bond acceptors (Lipinski definition) is 7. The number of nitrogens with two attached hydrogens (primary N) is 1. The molecule has 1 aliphatic rings. The van der Waals surface area contributed by atoms with E-state index >= 15 is 0 Å². The van der Waals surface area contributed by atoms with Gasteiger partial charge in [-0.05, 0) is 57.0 Å². The van der Waals surface area contributed by atoms with Gasteiger partial charge in [0.1, 0.15) is 29.6 Å². The molecule has 0 aliphatic heterocycles. The number of anilines is 1. The minimum atomic E-state index is -1.31. The Labute approximate surface area is 185 Å². The molecule has 3 aromatic heterocycles. The zero-order valence-corrected chi connectivity index (χ0v) is 18.4. The van der Waals surface area contributed by atoms with E-state index in [0.29, 0.717) is 18.0 Å². The smallest absolute Gasteiger partial charge is 0.143 e. The Morgan fingerprint density at radius 2 is 2.03 bits per heavy atom. The highest BCUT2D eigenvalue weighted by Crippen LogP contribution is 2.44. The van der Waals surface area contributed by atoms with Crippen molar-refractivity contribution in [2.45, 2.75) is 44.9 Å². The SMILES string of the molecule is Cc1cc2ccc(OC[C@H]3C[C@@H](n4ccc5c(C)ncnc54)[C@H](O)[C@]3(C)O)cc2nc1N. The molecule has 166 valence electrons. The fourth-order valence-corrected chi connectivity index (χ4v) is 4.71. The number of benzene rings is 1. The first-order valence-electron chi connectivity index (χ1n) is 10.7. The normalized spacial score (nSPS) is 25.6. The van der Waals surface area contributed by atoms with Crippen molar-refractivity contribution in [3.8, 4) is 5.75 Å². The summed E-state index contributed by atoms with van der Waals surface area (Å²) in [4.78, 5) is 13.1. The largest absolute Gasteiger partial charge is 0.493 e. The molecule has 5 rings (SSSR count). The van der Waals surface area contributed by atoms with E-state index in [1.54, 1.807) is 6.92 Å². The molecule has 1 saturated carbocycles. The zero-order chi connectivity index (χ0) is 22.6. The van der Waals surface area contributed by atoms with Crippen molar-refractivity contribution in [1.29, 1.82) is 0 Å². The van der Waals surface area contributed by atoms with Gasteiger partial charge in [-0.3, -0.25) is 0 Å². The van der Waals surface area contributed by atoms with Crippen molar-refractivity contribution >= 4 is 27.8 Å². The van der Waals surface area contributed by atoms with Crippen LogP contribution in [0.25, 0.3) is 21.9 Å². The monoisotopic (exact) mass is 433 g/mol. The predicted octanol–water partition coefficient (Wildman–Crippen LogP) is 2.93. The van der Waals surface area contributed by atoms with Gasteiger partial charge < -0.3 is 25.3 Å². The molecule has 8 nitrogen and oxygen atoms in total. The summed E-state index contributed by atoms with van der Waals surface area (Å²) in [6.07, 6.45) is 3.03. The van der Waals surface area contributed by atoms with Gasteiger partial charge in [-0.2, -0.15) is 0 Å². The van der Waals surface area contributed by atoms with Gasteiger partial charge >= 0.3 is 0 Å². The van der Waals surface area contributed by atoms with Crippen LogP contribution in [0.4, 0.5) is 5.82 Å². The Morgan fingerprint density at radius 3 is 2.84 bits per heavy atom. The van der Waals surface area contributed by atoms with Crippen LogP contribution < -0.4 is 10.5 Å². The maximum atomic E-state index is 11.1. The molecule has 0 spiro atoms. The zero-order valence-electron chi connectivity index (χ0n) is 18.4. The van der Waals surface area contributed by atoms with Crippen LogP contribution in [0.2, 0.25) is 0 Å². The van der Waals surface area contributed by atoms with Crippen molar-refractivity contribution in [3.05, 3.63) is 54.1 Å². The average Bonchev–Trinajstić information content (AvgIpc) is 3.28. The molecule has 0 amide bonds. The van der Waals surface area contributed by atoms with E-state index in [2.05, 4.69) is 15.0 Å². The molecule has 8 heteroatoms. The summed E-state index contributed by atoms with van der Waals surface area (Å²) >= 11 is 0. The molecule has 0 bridgehead atoms. The Hall–Kier alpha value is -3.23. The summed E-state index contributed by atoms with van der Waals surface area (Å²) < 4.78 is 7.98. The molecule has 4 N–H and O–H groups in total. The second kappa shape index (κ2) is 7.43. The van der Waals surface area contributed by atoms with Crippen molar-refractivity contribution in [1.82, 2.24) is 19.5 Å². The van der Waals surface area contributed by atoms with Gasteiger partial charge in [0.2, 0.25) is 0 Å². The van der Waals surface area contributed by atoms with E-state index in [1.807, 2.05) is 54.9 Å². The van der Waals surface area contributed by atoms with Gasteiger partial charge in [-0.15, -0.1) is 0 Å². The number of pyridine rings is 1. The first kappa shape index (κ1) is 20.7. The van der Waals surface area contributed by atoms with E-state index < -0.39 is 11.7 Å². The van der Waals surface area contributed by atoms with Crippen LogP contribution >= 0.6 is 0 Å². The van der Waals surface area contributed by atoms with Crippen LogP contribution in [0.15, 0.2) is 42.9 Å². The van der Waals surface area contributed by atoms with Crippen molar-refractivity contribution < 1.29 is 14.9 Å². The second-order valence-electron chi connectivity index (χ2n) is 8.95. The van der Waals surface area contributed by atoms with E-state index in [-0.39, 0.29) is 18.6 Å². The number of aromatic nitrogens is 4. The number of aliphatic hydroxyl groups excluding tert-OH is 1. The maximum absolute atomic E-state index is 11.1. The summed E-state index contributed by atoms with van der Waals surface area (Å²) in [5.41, 5.74) is 7.98. The van der Waals surface area contributed by atoms with Gasteiger partial charge in [0.05, 0.1) is 29.5 Å². The Balaban J connectivity index is 1.38. The first-order valence-corrected chi connectivity index (χ1v) is 10.7. The number of aliphatic hydroxyl groups is 2. The molecule has 1 aromatic carbocycles. The highest BCUT2D eigenvalue weighted by Gasteiger charge is 2.51. The summed E-state index contributed by atoms with van der Waals surface area (Å²) in [7, 11) is 0. The third-order valence-corrected chi connectivity index (χ3v) is 6.85. The standard InChI is InChI=1S/C24H27N5O3/c1-13-8-15-4-5-17(10-19(15)28-22(13)25)32-11-16-9-20(21(30)24(16,3)31)29-7-6-18-14(2)26-12-27-23(18)29/h4-8,10,12,16,20-21,30-31H,9,11H2,1-3H3,(H2,25,28)/t16-,20-,21+,24-/m1/s1. The van der Waals surface area contributed by atoms with Gasteiger partial charge in [0, 0.05) is 29.0 Å². The van der Waals surface area contributed by atoms with Crippen LogP contribution in [0.1, 0.15) is 30.6 Å². The molecular weight excluding hydrogens is 406 g/mol. The highest BCUT2D eigenvalue weighted by atomic mass is 16.5. The van der Waals surface area contributed by atoms with Crippen molar-refractivity contribution in [2.75, 3.05) is 12.3 Å². The third kappa shape index (κ3) is 3.27. The maximum Gasteiger partial charge on any atom is 0.143 e. The second-order valence-corrected chi connectivity index (χ2v) is 8.95. The Morgan fingerprint density at radius 1 is 1.22 bits per heavy atom. The third-order valence-electron chi connectivity index (χ3n) is 6.85. The number of aryl methyl sites for hydroxylation is 2. The van der Waals surface area contributed by atoms with Crippen LogP contribution in [0, 0.1) is 19.8 Å². The topological polar surface area (TPSA) is 119 Å². The average molecular weight is 434 g/mol. The van der Waals surface area contributed by atoms with Gasteiger partial charge in [0.25, 0.3) is 0 Å². The molecule has 4 aromatic rings. The van der Waals surface area contributed by atoms with Crippen molar-refractivity contribution in [3.63, 3.8) is 0 Å². The van der Waals surface area contributed by atoms with E-state index in [9.17, 15) is 10.2 Å². The number of hydrogen-bond donors (Lipinski definition) is 3. The highest BCUT2D eigenvalue weighted by molar-refractivity contribution is 5.82. The number of rotatable bonds is 4. The van der Waals surface area contributed by atoms with Crippen LogP contribution in [-0.2, 0) is 0 Å². The number of ether oxygens (including phenoxy) is 1. The van der Waals surface area contributed by atoms with Gasteiger partial charge in [-0.1, -0.05) is 0 Å². The lowest BCUT2D eigenvalue weighted by Crippen LogP contribution is -2.43. The molecule has 1 aliphatic carbocycles. The molecule has 0 saturated heterocycles. The van der Waals surface area contributed by atoms with E-state index in [1.165, 1.54) is 6.33 Å². The molecule has 1 fully saturated rings. The van der Waals surface area contributed by atoms with Crippen LogP contribution in [0.3, 0.4) is 0 Å². The lowest BCUT2D eigenvalue weighted by atomic mass is 9.92. The van der Waals surface area contributed by atoms with E-state index in [0.717, 1.165) is 33.2 Å². The Bertz CT molecular complexity index is 1320. The predicted molar refractivity (Wildman–Crippen MR) is 122 cm³/mol. The Kier molecular flexibility index (Phi) is 4.79. The minimum absolute atomic E-state index is 0.265. The molecule has 4 atom stereocenters.